The summed E-state index contributed by atoms with van der Waals surface area (Å²) in [7, 11) is 0. The first kappa shape index (κ1) is 21.0. The SMILES string of the molecule is CC1(C)OC[C@H]([C@@H](OC(=S)N2CCCC2)c2ccccc2C(=O)c2ccccc2)O1. The molecule has 158 valence electrons. The Bertz CT molecular complexity index is 908. The van der Waals surface area contributed by atoms with Crippen molar-refractivity contribution in [3.8, 4) is 0 Å². The van der Waals surface area contributed by atoms with Crippen molar-refractivity contribution in [3.63, 3.8) is 0 Å². The Labute approximate surface area is 182 Å². The average Bonchev–Trinajstić information content (AvgIpc) is 3.42. The third-order valence-electron chi connectivity index (χ3n) is 5.51. The number of carbonyl (C=O) groups is 1. The van der Waals surface area contributed by atoms with Crippen LogP contribution in [-0.4, -0.2) is 47.4 Å². The zero-order valence-corrected chi connectivity index (χ0v) is 18.2. The summed E-state index contributed by atoms with van der Waals surface area (Å²) in [6.45, 7) is 5.91. The molecule has 0 N–H and O–H groups in total. The fraction of sp³-hybridized carbons (Fsp3) is 0.417. The van der Waals surface area contributed by atoms with Gasteiger partial charge in [-0.3, -0.25) is 4.79 Å². The quantitative estimate of drug-likeness (QED) is 0.519. The highest BCUT2D eigenvalue weighted by atomic mass is 32.1. The molecule has 0 saturated carbocycles. The van der Waals surface area contributed by atoms with Crippen molar-refractivity contribution in [2.75, 3.05) is 19.7 Å². The molecular formula is C24H27NO4S. The van der Waals surface area contributed by atoms with Gasteiger partial charge in [-0.1, -0.05) is 54.6 Å². The van der Waals surface area contributed by atoms with Crippen LogP contribution in [0.5, 0.6) is 0 Å². The maximum Gasteiger partial charge on any atom is 0.260 e. The van der Waals surface area contributed by atoms with Gasteiger partial charge in [-0.05, 0) is 38.9 Å². The van der Waals surface area contributed by atoms with Crippen molar-refractivity contribution in [3.05, 3.63) is 71.3 Å². The number of ketones is 1. The number of hydrogen-bond acceptors (Lipinski definition) is 5. The predicted molar refractivity (Wildman–Crippen MR) is 118 cm³/mol. The lowest BCUT2D eigenvalue weighted by molar-refractivity contribution is -0.150. The predicted octanol–water partition coefficient (Wildman–Crippen LogP) is 4.51. The summed E-state index contributed by atoms with van der Waals surface area (Å²) in [6.07, 6.45) is 1.30. The zero-order chi connectivity index (χ0) is 21.1. The van der Waals surface area contributed by atoms with Crippen LogP contribution in [0, 0.1) is 0 Å². The van der Waals surface area contributed by atoms with E-state index in [4.69, 9.17) is 26.4 Å². The molecule has 0 radical (unpaired) electrons. The highest BCUT2D eigenvalue weighted by Gasteiger charge is 2.41. The number of carbonyl (C=O) groups excluding carboxylic acids is 1. The molecule has 2 aromatic rings. The largest absolute Gasteiger partial charge is 0.460 e. The number of likely N-dealkylation sites (tertiary alicyclic amines) is 1. The van der Waals surface area contributed by atoms with Crippen LogP contribution < -0.4 is 0 Å². The number of nitrogens with zero attached hydrogens (tertiary/aromatic N) is 1. The Balaban J connectivity index is 1.68. The van der Waals surface area contributed by atoms with E-state index in [9.17, 15) is 4.79 Å². The van der Waals surface area contributed by atoms with Gasteiger partial charge in [0.2, 0.25) is 0 Å². The van der Waals surface area contributed by atoms with Gasteiger partial charge in [-0.25, -0.2) is 0 Å². The molecule has 0 bridgehead atoms. The van der Waals surface area contributed by atoms with Gasteiger partial charge < -0.3 is 19.1 Å². The Morgan fingerprint density at radius 2 is 1.77 bits per heavy atom. The fourth-order valence-corrected chi connectivity index (χ4v) is 4.27. The van der Waals surface area contributed by atoms with E-state index in [1.807, 2.05) is 68.4 Å². The molecule has 5 nitrogen and oxygen atoms in total. The Hall–Kier alpha value is -2.28. The zero-order valence-electron chi connectivity index (χ0n) is 17.4. The van der Waals surface area contributed by atoms with Crippen molar-refractivity contribution >= 4 is 23.2 Å². The minimum Gasteiger partial charge on any atom is -0.460 e. The topological polar surface area (TPSA) is 48.0 Å². The van der Waals surface area contributed by atoms with Gasteiger partial charge in [0.25, 0.3) is 5.17 Å². The first-order valence-corrected chi connectivity index (χ1v) is 10.8. The molecule has 2 heterocycles. The molecule has 0 spiro atoms. The summed E-state index contributed by atoms with van der Waals surface area (Å²) >= 11 is 5.61. The molecule has 0 unspecified atom stereocenters. The summed E-state index contributed by atoms with van der Waals surface area (Å²) in [5, 5.41) is 0.452. The molecule has 0 aliphatic carbocycles. The minimum absolute atomic E-state index is 0.0509. The fourth-order valence-electron chi connectivity index (χ4n) is 3.98. The molecule has 2 aromatic carbocycles. The third kappa shape index (κ3) is 4.56. The van der Waals surface area contributed by atoms with E-state index >= 15 is 0 Å². The first-order valence-electron chi connectivity index (χ1n) is 10.4. The van der Waals surface area contributed by atoms with Crippen LogP contribution >= 0.6 is 12.2 Å². The minimum atomic E-state index is -0.708. The molecule has 0 aromatic heterocycles. The smallest absolute Gasteiger partial charge is 0.260 e. The van der Waals surface area contributed by atoms with Crippen molar-refractivity contribution < 1.29 is 19.0 Å². The summed E-state index contributed by atoms with van der Waals surface area (Å²) in [5.41, 5.74) is 1.99. The van der Waals surface area contributed by atoms with Gasteiger partial charge in [-0.2, -0.15) is 0 Å². The van der Waals surface area contributed by atoms with Crippen LogP contribution in [0.3, 0.4) is 0 Å². The second kappa shape index (κ2) is 8.84. The number of hydrogen-bond donors (Lipinski definition) is 0. The molecule has 6 heteroatoms. The highest BCUT2D eigenvalue weighted by Crippen LogP contribution is 2.35. The van der Waals surface area contributed by atoms with Gasteiger partial charge in [0.15, 0.2) is 17.7 Å². The molecule has 30 heavy (non-hydrogen) atoms. The third-order valence-corrected chi connectivity index (χ3v) is 5.86. The second-order valence-corrected chi connectivity index (χ2v) is 8.50. The van der Waals surface area contributed by atoms with Gasteiger partial charge >= 0.3 is 0 Å². The van der Waals surface area contributed by atoms with E-state index in [-0.39, 0.29) is 11.9 Å². The van der Waals surface area contributed by atoms with Gasteiger partial charge in [-0.15, -0.1) is 0 Å². The van der Waals surface area contributed by atoms with Gasteiger partial charge in [0, 0.05) is 29.8 Å². The van der Waals surface area contributed by atoms with Crippen LogP contribution in [0.2, 0.25) is 0 Å². The van der Waals surface area contributed by atoms with E-state index in [0.29, 0.717) is 22.9 Å². The van der Waals surface area contributed by atoms with E-state index < -0.39 is 11.9 Å². The lowest BCUT2D eigenvalue weighted by Gasteiger charge is -2.29. The number of thiocarbonyl (C=S) groups is 1. The van der Waals surface area contributed by atoms with Gasteiger partial charge in [0.1, 0.15) is 6.10 Å². The van der Waals surface area contributed by atoms with E-state index in [1.54, 1.807) is 0 Å². The van der Waals surface area contributed by atoms with Crippen LogP contribution in [0.1, 0.15) is 54.3 Å². The van der Waals surface area contributed by atoms with Crippen LogP contribution in [0.4, 0.5) is 0 Å². The first-order chi connectivity index (χ1) is 14.4. The molecule has 2 fully saturated rings. The van der Waals surface area contributed by atoms with Gasteiger partial charge in [0.05, 0.1) is 6.61 Å². The summed E-state index contributed by atoms with van der Waals surface area (Å²) < 4.78 is 18.3. The van der Waals surface area contributed by atoms with Crippen LogP contribution in [0.15, 0.2) is 54.6 Å². The van der Waals surface area contributed by atoms with Crippen molar-refractivity contribution in [1.29, 1.82) is 0 Å². The summed E-state index contributed by atoms with van der Waals surface area (Å²) in [4.78, 5) is 15.4. The Kier molecular flexibility index (Phi) is 6.18. The maximum absolute atomic E-state index is 13.3. The average molecular weight is 426 g/mol. The molecular weight excluding hydrogens is 398 g/mol. The second-order valence-electron chi connectivity index (χ2n) is 8.15. The number of ether oxygens (including phenoxy) is 3. The van der Waals surface area contributed by atoms with Crippen LogP contribution in [-0.2, 0) is 14.2 Å². The Morgan fingerprint density at radius 3 is 2.43 bits per heavy atom. The summed E-state index contributed by atoms with van der Waals surface area (Å²) in [5.74, 6) is -0.759. The lowest BCUT2D eigenvalue weighted by Crippen LogP contribution is -2.35. The molecule has 2 aliphatic heterocycles. The summed E-state index contributed by atoms with van der Waals surface area (Å²) in [6, 6.07) is 16.8. The molecule has 2 atom stereocenters. The lowest BCUT2D eigenvalue weighted by atomic mass is 9.93. The normalized spacial score (nSPS) is 21.4. The Morgan fingerprint density at radius 1 is 1.10 bits per heavy atom. The molecule has 2 saturated heterocycles. The van der Waals surface area contributed by atoms with E-state index in [1.165, 1.54) is 0 Å². The van der Waals surface area contributed by atoms with Crippen LogP contribution in [0.25, 0.3) is 0 Å². The van der Waals surface area contributed by atoms with E-state index in [2.05, 4.69) is 4.90 Å². The molecule has 4 rings (SSSR count). The maximum atomic E-state index is 13.3. The molecule has 2 aliphatic rings. The van der Waals surface area contributed by atoms with Crippen molar-refractivity contribution in [2.24, 2.45) is 0 Å². The number of benzene rings is 2. The monoisotopic (exact) mass is 425 g/mol. The van der Waals surface area contributed by atoms with Crippen molar-refractivity contribution in [1.82, 2.24) is 4.90 Å². The molecule has 0 amide bonds. The standard InChI is InChI=1S/C24H27NO4S/c1-24(2)27-16-20(29-24)22(28-23(30)25-14-8-9-15-25)19-13-7-6-12-18(19)21(26)17-10-4-3-5-11-17/h3-7,10-13,20,22H,8-9,14-16H2,1-2H3/t20-,22+/m1/s1. The van der Waals surface area contributed by atoms with Crippen molar-refractivity contribution in [2.45, 2.75) is 44.7 Å². The highest BCUT2D eigenvalue weighted by molar-refractivity contribution is 7.80. The number of rotatable bonds is 5. The van der Waals surface area contributed by atoms with E-state index in [0.717, 1.165) is 31.5 Å².